The van der Waals surface area contributed by atoms with Gasteiger partial charge in [-0.3, -0.25) is 0 Å². The summed E-state index contributed by atoms with van der Waals surface area (Å²) in [5.41, 5.74) is 0.422. The molecule has 5 heteroatoms. The van der Waals surface area contributed by atoms with Crippen molar-refractivity contribution in [1.29, 1.82) is 0 Å². The van der Waals surface area contributed by atoms with Crippen molar-refractivity contribution in [3.05, 3.63) is 29.1 Å². The molecule has 0 bridgehead atoms. The summed E-state index contributed by atoms with van der Waals surface area (Å²) in [5.74, 6) is -4.02. The second-order valence-corrected chi connectivity index (χ2v) is 4.13. The second-order valence-electron chi connectivity index (χ2n) is 4.13. The van der Waals surface area contributed by atoms with E-state index in [0.717, 1.165) is 32.0 Å². The smallest absolute Gasteiger partial charge is 0.203 e. The van der Waals surface area contributed by atoms with Gasteiger partial charge in [-0.25, -0.2) is 8.78 Å². The molecule has 2 rings (SSSR count). The summed E-state index contributed by atoms with van der Waals surface area (Å²) in [5, 5.41) is 3.16. The Labute approximate surface area is 97.8 Å². The van der Waals surface area contributed by atoms with Crippen molar-refractivity contribution in [2.24, 2.45) is 0 Å². The number of hydrogen-bond acceptors (Lipinski definition) is 2. The minimum absolute atomic E-state index is 0.01000. The van der Waals surface area contributed by atoms with Crippen LogP contribution in [-0.2, 0) is 0 Å². The maximum Gasteiger partial charge on any atom is 0.203 e. The second kappa shape index (κ2) is 4.96. The lowest BCUT2D eigenvalue weighted by molar-refractivity contribution is 0.345. The summed E-state index contributed by atoms with van der Waals surface area (Å²) >= 11 is 0. The fraction of sp³-hybridized carbons (Fsp3) is 0.500. The molecule has 17 heavy (non-hydrogen) atoms. The van der Waals surface area contributed by atoms with Gasteiger partial charge in [0.05, 0.1) is 7.11 Å². The lowest BCUT2D eigenvalue weighted by Gasteiger charge is -2.24. The highest BCUT2D eigenvalue weighted by molar-refractivity contribution is 5.39. The van der Waals surface area contributed by atoms with Gasteiger partial charge in [-0.2, -0.15) is 4.39 Å². The summed E-state index contributed by atoms with van der Waals surface area (Å²) in [4.78, 5) is 0. The van der Waals surface area contributed by atoms with Crippen LogP contribution in [0.4, 0.5) is 13.2 Å². The molecular weight excluding hydrogens is 231 g/mol. The molecule has 2 nitrogen and oxygen atoms in total. The molecule has 0 unspecified atom stereocenters. The Balaban J connectivity index is 2.44. The molecule has 1 fully saturated rings. The number of hydrogen-bond donors (Lipinski definition) is 1. The molecule has 1 aliphatic heterocycles. The van der Waals surface area contributed by atoms with Crippen LogP contribution < -0.4 is 10.1 Å². The van der Waals surface area contributed by atoms with E-state index in [0.29, 0.717) is 5.56 Å². The fourth-order valence-electron chi connectivity index (χ4n) is 2.24. The number of benzene rings is 1. The van der Waals surface area contributed by atoms with E-state index < -0.39 is 17.5 Å². The number of halogens is 3. The van der Waals surface area contributed by atoms with E-state index in [4.69, 9.17) is 4.74 Å². The minimum Gasteiger partial charge on any atom is -0.493 e. The Bertz CT molecular complexity index is 417. The molecule has 0 aromatic heterocycles. The first kappa shape index (κ1) is 12.2. The molecule has 1 saturated heterocycles. The predicted octanol–water partition coefficient (Wildman–Crippen LogP) is 2.58. The zero-order valence-corrected chi connectivity index (χ0v) is 9.53. The van der Waals surface area contributed by atoms with Crippen LogP contribution in [0.1, 0.15) is 24.3 Å². The van der Waals surface area contributed by atoms with Crippen LogP contribution in [0.5, 0.6) is 5.75 Å². The molecule has 0 aliphatic carbocycles. The van der Waals surface area contributed by atoms with Gasteiger partial charge in [-0.1, -0.05) is 0 Å². The molecule has 1 aliphatic rings. The van der Waals surface area contributed by atoms with E-state index >= 15 is 0 Å². The minimum atomic E-state index is -1.47. The van der Waals surface area contributed by atoms with Crippen LogP contribution in [0.2, 0.25) is 0 Å². The number of piperidine rings is 1. The molecule has 0 spiro atoms. The molecule has 1 N–H and O–H groups in total. The van der Waals surface area contributed by atoms with Gasteiger partial charge in [0.25, 0.3) is 0 Å². The van der Waals surface area contributed by atoms with Crippen LogP contribution >= 0.6 is 0 Å². The third kappa shape index (κ3) is 2.24. The van der Waals surface area contributed by atoms with Crippen LogP contribution in [0.25, 0.3) is 0 Å². The van der Waals surface area contributed by atoms with Gasteiger partial charge >= 0.3 is 0 Å². The van der Waals surface area contributed by atoms with E-state index in [1.54, 1.807) is 0 Å². The van der Waals surface area contributed by atoms with Gasteiger partial charge in [0.2, 0.25) is 5.82 Å². The summed E-state index contributed by atoms with van der Waals surface area (Å²) < 4.78 is 44.7. The average Bonchev–Trinajstić information content (AvgIpc) is 2.36. The molecule has 1 aromatic carbocycles. The van der Waals surface area contributed by atoms with Crippen molar-refractivity contribution >= 4 is 0 Å². The summed E-state index contributed by atoms with van der Waals surface area (Å²) in [6.45, 7) is 1.57. The Morgan fingerprint density at radius 2 is 1.82 bits per heavy atom. The number of ether oxygens (including phenoxy) is 1. The highest BCUT2D eigenvalue weighted by Crippen LogP contribution is 2.36. The van der Waals surface area contributed by atoms with Crippen LogP contribution in [-0.4, -0.2) is 20.2 Å². The Morgan fingerprint density at radius 1 is 1.18 bits per heavy atom. The summed E-state index contributed by atoms with van der Waals surface area (Å²) in [6, 6.07) is 1.05. The standard InChI is InChI=1S/C12H14F3NO/c1-17-12-8(7-2-4-16-5-3-7)6-9(13)10(14)11(12)15/h6-7,16H,2-5H2,1H3. The molecule has 0 saturated carbocycles. The van der Waals surface area contributed by atoms with Crippen LogP contribution in [0.3, 0.4) is 0 Å². The quantitative estimate of drug-likeness (QED) is 0.808. The fourth-order valence-corrected chi connectivity index (χ4v) is 2.24. The number of methoxy groups -OCH3 is 1. The predicted molar refractivity (Wildman–Crippen MR) is 57.7 cm³/mol. The Kier molecular flexibility index (Phi) is 3.57. The highest BCUT2D eigenvalue weighted by Gasteiger charge is 2.25. The van der Waals surface area contributed by atoms with Gasteiger partial charge in [0.1, 0.15) is 0 Å². The van der Waals surface area contributed by atoms with E-state index in [1.807, 2.05) is 0 Å². The van der Waals surface area contributed by atoms with Gasteiger partial charge in [0, 0.05) is 5.56 Å². The molecule has 94 valence electrons. The van der Waals surface area contributed by atoms with Crippen LogP contribution in [0, 0.1) is 17.5 Å². The third-order valence-corrected chi connectivity index (χ3v) is 3.13. The van der Waals surface area contributed by atoms with Crippen molar-refractivity contribution in [2.75, 3.05) is 20.2 Å². The first-order valence-electron chi connectivity index (χ1n) is 5.57. The third-order valence-electron chi connectivity index (χ3n) is 3.13. The zero-order chi connectivity index (χ0) is 12.4. The van der Waals surface area contributed by atoms with Crippen molar-refractivity contribution < 1.29 is 17.9 Å². The maximum absolute atomic E-state index is 13.5. The summed E-state index contributed by atoms with van der Waals surface area (Å²) in [7, 11) is 1.26. The van der Waals surface area contributed by atoms with Crippen molar-refractivity contribution in [1.82, 2.24) is 5.32 Å². The Morgan fingerprint density at radius 3 is 2.41 bits per heavy atom. The molecular formula is C12H14F3NO. The van der Waals surface area contributed by atoms with Crippen molar-refractivity contribution in [3.8, 4) is 5.75 Å². The molecule has 1 aromatic rings. The molecule has 0 atom stereocenters. The van der Waals surface area contributed by atoms with E-state index in [2.05, 4.69) is 5.32 Å². The van der Waals surface area contributed by atoms with Gasteiger partial charge in [0.15, 0.2) is 17.4 Å². The van der Waals surface area contributed by atoms with E-state index in [-0.39, 0.29) is 11.7 Å². The first-order chi connectivity index (χ1) is 8.15. The van der Waals surface area contributed by atoms with Gasteiger partial charge in [-0.15, -0.1) is 0 Å². The number of nitrogens with one attached hydrogen (secondary N) is 1. The Hall–Kier alpha value is -1.23. The van der Waals surface area contributed by atoms with Gasteiger partial charge < -0.3 is 10.1 Å². The zero-order valence-electron chi connectivity index (χ0n) is 9.53. The maximum atomic E-state index is 13.5. The highest BCUT2D eigenvalue weighted by atomic mass is 19.2. The monoisotopic (exact) mass is 245 g/mol. The molecule has 0 amide bonds. The lowest BCUT2D eigenvalue weighted by Crippen LogP contribution is -2.27. The number of rotatable bonds is 2. The topological polar surface area (TPSA) is 21.3 Å². The molecule has 0 radical (unpaired) electrons. The largest absolute Gasteiger partial charge is 0.493 e. The SMILES string of the molecule is COc1c(C2CCNCC2)cc(F)c(F)c1F. The first-order valence-corrected chi connectivity index (χ1v) is 5.57. The van der Waals surface area contributed by atoms with E-state index in [1.165, 1.54) is 7.11 Å². The van der Waals surface area contributed by atoms with Crippen LogP contribution in [0.15, 0.2) is 6.07 Å². The lowest BCUT2D eigenvalue weighted by atomic mass is 9.89. The van der Waals surface area contributed by atoms with Crippen molar-refractivity contribution in [2.45, 2.75) is 18.8 Å². The molecule has 1 heterocycles. The normalized spacial score (nSPS) is 17.2. The summed E-state index contributed by atoms with van der Waals surface area (Å²) in [6.07, 6.45) is 1.53. The van der Waals surface area contributed by atoms with E-state index in [9.17, 15) is 13.2 Å². The average molecular weight is 245 g/mol. The van der Waals surface area contributed by atoms with Gasteiger partial charge in [-0.05, 0) is 37.9 Å². The van der Waals surface area contributed by atoms with Crippen molar-refractivity contribution in [3.63, 3.8) is 0 Å².